The molecule has 0 radical (unpaired) electrons. The van der Waals surface area contributed by atoms with Gasteiger partial charge >= 0.3 is 0 Å². The Labute approximate surface area is 97.9 Å². The second-order valence-electron chi connectivity index (χ2n) is 3.42. The molecule has 0 saturated carbocycles. The quantitative estimate of drug-likeness (QED) is 0.762. The van der Waals surface area contributed by atoms with E-state index in [4.69, 9.17) is 4.74 Å². The van der Waals surface area contributed by atoms with Gasteiger partial charge < -0.3 is 4.74 Å². The van der Waals surface area contributed by atoms with Crippen molar-refractivity contribution in [2.24, 2.45) is 0 Å². The number of hydrogen-bond donors (Lipinski definition) is 0. The molecule has 0 unspecified atom stereocenters. The van der Waals surface area contributed by atoms with E-state index in [-0.39, 0.29) is 5.56 Å². The molecule has 2 aromatic rings. The van der Waals surface area contributed by atoms with Gasteiger partial charge in [0.05, 0.1) is 18.9 Å². The molecule has 1 aromatic heterocycles. The highest BCUT2D eigenvalue weighted by Gasteiger charge is 2.14. The predicted octanol–water partition coefficient (Wildman–Crippen LogP) is 2.46. The lowest BCUT2D eigenvalue weighted by Gasteiger charge is -2.04. The number of methoxy groups -OCH3 is 1. The highest BCUT2D eigenvalue weighted by Crippen LogP contribution is 2.16. The summed E-state index contributed by atoms with van der Waals surface area (Å²) in [5.41, 5.74) is 0.331. The topological polar surface area (TPSA) is 39.2 Å². The van der Waals surface area contributed by atoms with Crippen LogP contribution in [0.2, 0.25) is 0 Å². The van der Waals surface area contributed by atoms with Gasteiger partial charge in [0.1, 0.15) is 11.6 Å². The minimum atomic E-state index is -0.541. The van der Waals surface area contributed by atoms with Crippen molar-refractivity contribution in [1.29, 1.82) is 0 Å². The predicted molar refractivity (Wildman–Crippen MR) is 60.6 cm³/mol. The minimum absolute atomic E-state index is 0.0301. The second kappa shape index (κ2) is 4.74. The Bertz CT molecular complexity index is 555. The van der Waals surface area contributed by atoms with Crippen LogP contribution in [0.3, 0.4) is 0 Å². The monoisotopic (exact) mass is 231 g/mol. The first kappa shape index (κ1) is 11.3. The van der Waals surface area contributed by atoms with Gasteiger partial charge in [0.15, 0.2) is 5.78 Å². The number of carbonyl (C=O) groups excluding carboxylic acids is 1. The van der Waals surface area contributed by atoms with Crippen LogP contribution in [0.15, 0.2) is 42.7 Å². The van der Waals surface area contributed by atoms with Crippen LogP contribution < -0.4 is 4.74 Å². The van der Waals surface area contributed by atoms with Gasteiger partial charge in [0, 0.05) is 11.8 Å². The van der Waals surface area contributed by atoms with E-state index in [0.29, 0.717) is 11.3 Å². The number of nitrogens with zero attached hydrogens (tertiary/aromatic N) is 1. The zero-order valence-corrected chi connectivity index (χ0v) is 9.18. The summed E-state index contributed by atoms with van der Waals surface area (Å²) in [7, 11) is 1.48. The fourth-order valence-electron chi connectivity index (χ4n) is 1.46. The molecule has 2 rings (SSSR count). The molecule has 17 heavy (non-hydrogen) atoms. The molecule has 3 nitrogen and oxygen atoms in total. The lowest BCUT2D eigenvalue weighted by atomic mass is 10.0. The summed E-state index contributed by atoms with van der Waals surface area (Å²) in [6, 6.07) is 7.37. The second-order valence-corrected chi connectivity index (χ2v) is 3.42. The summed E-state index contributed by atoms with van der Waals surface area (Å²) in [5, 5.41) is 0. The van der Waals surface area contributed by atoms with Crippen LogP contribution in [0, 0.1) is 5.82 Å². The molecule has 0 aliphatic heterocycles. The molecule has 1 aromatic carbocycles. The molecule has 0 atom stereocenters. The summed E-state index contributed by atoms with van der Waals surface area (Å²) in [5.74, 6) is -0.484. The maximum absolute atomic E-state index is 13.4. The summed E-state index contributed by atoms with van der Waals surface area (Å²) < 4.78 is 18.4. The number of hydrogen-bond acceptors (Lipinski definition) is 3. The van der Waals surface area contributed by atoms with E-state index in [1.807, 2.05) is 0 Å². The first-order valence-electron chi connectivity index (χ1n) is 5.00. The number of halogens is 1. The average molecular weight is 231 g/mol. The van der Waals surface area contributed by atoms with E-state index in [2.05, 4.69) is 4.98 Å². The Balaban J connectivity index is 2.40. The normalized spacial score (nSPS) is 10.0. The number of ketones is 1. The SMILES string of the molecule is COc1cncc(C(=O)c2ccccc2F)c1. The molecule has 0 bridgehead atoms. The number of ether oxygens (including phenoxy) is 1. The maximum atomic E-state index is 13.4. The molecule has 86 valence electrons. The molecule has 4 heteroatoms. The molecular formula is C13H10FNO2. The number of pyridine rings is 1. The average Bonchev–Trinajstić information content (AvgIpc) is 2.38. The van der Waals surface area contributed by atoms with Gasteiger partial charge in [-0.3, -0.25) is 9.78 Å². The molecule has 0 aliphatic rings. The Morgan fingerprint density at radius 3 is 2.76 bits per heavy atom. The van der Waals surface area contributed by atoms with Gasteiger partial charge in [0.25, 0.3) is 0 Å². The summed E-state index contributed by atoms with van der Waals surface area (Å²) >= 11 is 0. The van der Waals surface area contributed by atoms with Crippen molar-refractivity contribution < 1.29 is 13.9 Å². The third kappa shape index (κ3) is 2.30. The Kier molecular flexibility index (Phi) is 3.14. The van der Waals surface area contributed by atoms with Gasteiger partial charge in [-0.1, -0.05) is 12.1 Å². The fraction of sp³-hybridized carbons (Fsp3) is 0.0769. The van der Waals surface area contributed by atoms with E-state index in [0.717, 1.165) is 0 Å². The summed E-state index contributed by atoms with van der Waals surface area (Å²) in [4.78, 5) is 15.9. The number of rotatable bonds is 3. The molecular weight excluding hydrogens is 221 g/mol. The standard InChI is InChI=1S/C13H10FNO2/c1-17-10-6-9(7-15-8-10)13(16)11-4-2-3-5-12(11)14/h2-8H,1H3. The maximum Gasteiger partial charge on any atom is 0.197 e. The van der Waals surface area contributed by atoms with Gasteiger partial charge in [0.2, 0.25) is 0 Å². The Morgan fingerprint density at radius 1 is 1.29 bits per heavy atom. The van der Waals surface area contributed by atoms with Crippen molar-refractivity contribution in [3.05, 3.63) is 59.7 Å². The first-order valence-corrected chi connectivity index (χ1v) is 5.00. The van der Waals surface area contributed by atoms with Crippen molar-refractivity contribution >= 4 is 5.78 Å². The van der Waals surface area contributed by atoms with Crippen LogP contribution in [-0.2, 0) is 0 Å². The highest BCUT2D eigenvalue weighted by molar-refractivity contribution is 6.09. The first-order chi connectivity index (χ1) is 8.22. The minimum Gasteiger partial charge on any atom is -0.495 e. The largest absolute Gasteiger partial charge is 0.495 e. The summed E-state index contributed by atoms with van der Waals surface area (Å²) in [6.07, 6.45) is 2.87. The zero-order chi connectivity index (χ0) is 12.3. The van der Waals surface area contributed by atoms with Crippen LogP contribution >= 0.6 is 0 Å². The third-order valence-corrected chi connectivity index (χ3v) is 2.33. The zero-order valence-electron chi connectivity index (χ0n) is 9.18. The van der Waals surface area contributed by atoms with Crippen molar-refractivity contribution in [3.63, 3.8) is 0 Å². The van der Waals surface area contributed by atoms with Crippen LogP contribution in [0.1, 0.15) is 15.9 Å². The van der Waals surface area contributed by atoms with Gasteiger partial charge in [-0.15, -0.1) is 0 Å². The van der Waals surface area contributed by atoms with Crippen LogP contribution in [0.5, 0.6) is 5.75 Å². The third-order valence-electron chi connectivity index (χ3n) is 2.33. The van der Waals surface area contributed by atoms with Gasteiger partial charge in [-0.25, -0.2) is 4.39 Å². The van der Waals surface area contributed by atoms with E-state index in [9.17, 15) is 9.18 Å². The van der Waals surface area contributed by atoms with E-state index < -0.39 is 11.6 Å². The van der Waals surface area contributed by atoms with E-state index in [1.165, 1.54) is 43.8 Å². The van der Waals surface area contributed by atoms with Crippen LogP contribution in [0.25, 0.3) is 0 Å². The highest BCUT2D eigenvalue weighted by atomic mass is 19.1. The van der Waals surface area contributed by atoms with Crippen molar-refractivity contribution in [2.45, 2.75) is 0 Å². The van der Waals surface area contributed by atoms with Crippen LogP contribution in [0.4, 0.5) is 4.39 Å². The number of benzene rings is 1. The van der Waals surface area contributed by atoms with Gasteiger partial charge in [-0.2, -0.15) is 0 Å². The van der Waals surface area contributed by atoms with Gasteiger partial charge in [-0.05, 0) is 18.2 Å². The molecule has 0 aliphatic carbocycles. The van der Waals surface area contributed by atoms with Crippen molar-refractivity contribution in [1.82, 2.24) is 4.98 Å². The van der Waals surface area contributed by atoms with E-state index >= 15 is 0 Å². The lowest BCUT2D eigenvalue weighted by Crippen LogP contribution is -2.04. The number of aromatic nitrogens is 1. The van der Waals surface area contributed by atoms with Crippen molar-refractivity contribution in [3.8, 4) is 5.75 Å². The fourth-order valence-corrected chi connectivity index (χ4v) is 1.46. The molecule has 0 spiro atoms. The Morgan fingerprint density at radius 2 is 2.06 bits per heavy atom. The molecule has 0 saturated heterocycles. The molecule has 0 fully saturated rings. The van der Waals surface area contributed by atoms with Crippen LogP contribution in [-0.4, -0.2) is 17.9 Å². The lowest BCUT2D eigenvalue weighted by molar-refractivity contribution is 0.103. The molecule has 0 amide bonds. The molecule has 1 heterocycles. The summed E-state index contributed by atoms with van der Waals surface area (Å²) in [6.45, 7) is 0. The Hall–Kier alpha value is -2.23. The number of carbonyl (C=O) groups is 1. The molecule has 0 N–H and O–H groups in total. The van der Waals surface area contributed by atoms with Crippen molar-refractivity contribution in [2.75, 3.05) is 7.11 Å². The van der Waals surface area contributed by atoms with E-state index in [1.54, 1.807) is 6.07 Å². The smallest absolute Gasteiger partial charge is 0.197 e.